The number of methoxy groups -OCH3 is 1. The number of hydrazone groups is 1. The van der Waals surface area contributed by atoms with Gasteiger partial charge in [0.15, 0.2) is 17.3 Å². The number of carbonyl (C=O) groups is 1. The molecule has 0 spiro atoms. The summed E-state index contributed by atoms with van der Waals surface area (Å²) in [5.74, 6) is 1.11. The molecule has 1 N–H and O–H groups in total. The SMILES string of the molecule is COc1cc(/C=C2\C(=N)N3N=C(C)SC3=NC2=O)ccc1OCCOc1ccccc1Cl. The zero-order valence-corrected chi connectivity index (χ0v) is 18.9. The van der Waals surface area contributed by atoms with Gasteiger partial charge >= 0.3 is 0 Å². The number of rotatable bonds is 7. The Bertz CT molecular complexity index is 1180. The van der Waals surface area contributed by atoms with Crippen molar-refractivity contribution >= 4 is 51.4 Å². The van der Waals surface area contributed by atoms with E-state index in [1.807, 2.05) is 12.1 Å². The fraction of sp³-hybridized carbons (Fsp3) is 0.182. The average Bonchev–Trinajstić information content (AvgIpc) is 3.16. The van der Waals surface area contributed by atoms with Crippen LogP contribution in [0.15, 0.2) is 58.1 Å². The number of halogens is 1. The minimum Gasteiger partial charge on any atom is -0.493 e. The van der Waals surface area contributed by atoms with E-state index in [1.54, 1.807) is 43.3 Å². The van der Waals surface area contributed by atoms with Crippen molar-refractivity contribution in [1.82, 2.24) is 5.01 Å². The molecule has 8 nitrogen and oxygen atoms in total. The van der Waals surface area contributed by atoms with Gasteiger partial charge in [0, 0.05) is 0 Å². The third kappa shape index (κ3) is 4.63. The smallest absolute Gasteiger partial charge is 0.283 e. The summed E-state index contributed by atoms with van der Waals surface area (Å²) in [4.78, 5) is 16.5. The molecule has 2 heterocycles. The Morgan fingerprint density at radius 2 is 1.88 bits per heavy atom. The Hall–Kier alpha value is -3.30. The van der Waals surface area contributed by atoms with Gasteiger partial charge in [-0.3, -0.25) is 10.2 Å². The highest BCUT2D eigenvalue weighted by Gasteiger charge is 2.34. The summed E-state index contributed by atoms with van der Waals surface area (Å²) in [6, 6.07) is 12.5. The molecule has 2 aliphatic rings. The highest BCUT2D eigenvalue weighted by molar-refractivity contribution is 8.26. The predicted molar refractivity (Wildman–Crippen MR) is 126 cm³/mol. The number of ether oxygens (including phenoxy) is 3. The fourth-order valence-corrected chi connectivity index (χ4v) is 3.94. The van der Waals surface area contributed by atoms with Crippen molar-refractivity contribution in [2.24, 2.45) is 10.1 Å². The second-order valence-corrected chi connectivity index (χ2v) is 8.24. The minimum atomic E-state index is -0.477. The molecule has 0 aliphatic carbocycles. The molecule has 2 aromatic rings. The first-order chi connectivity index (χ1) is 15.5. The van der Waals surface area contributed by atoms with Gasteiger partial charge < -0.3 is 14.2 Å². The number of amides is 1. The number of para-hydroxylation sites is 1. The van der Waals surface area contributed by atoms with Crippen molar-refractivity contribution < 1.29 is 19.0 Å². The number of hydrogen-bond donors (Lipinski definition) is 1. The molecule has 10 heteroatoms. The summed E-state index contributed by atoms with van der Waals surface area (Å²) >= 11 is 7.34. The number of benzene rings is 2. The molecule has 32 heavy (non-hydrogen) atoms. The maximum absolute atomic E-state index is 12.4. The van der Waals surface area contributed by atoms with Crippen LogP contribution in [0.4, 0.5) is 0 Å². The van der Waals surface area contributed by atoms with Crippen LogP contribution in [-0.4, -0.2) is 47.3 Å². The van der Waals surface area contributed by atoms with Crippen LogP contribution in [0, 0.1) is 5.41 Å². The number of aliphatic imine (C=N–C) groups is 1. The zero-order chi connectivity index (χ0) is 22.7. The average molecular weight is 471 g/mol. The largest absolute Gasteiger partial charge is 0.493 e. The molecule has 164 valence electrons. The first-order valence-corrected chi connectivity index (χ1v) is 10.8. The third-order valence-electron chi connectivity index (χ3n) is 4.49. The Kier molecular flexibility index (Phi) is 6.48. The lowest BCUT2D eigenvalue weighted by atomic mass is 10.1. The monoisotopic (exact) mass is 470 g/mol. The van der Waals surface area contributed by atoms with Crippen LogP contribution >= 0.6 is 23.4 Å². The first-order valence-electron chi connectivity index (χ1n) is 9.61. The second-order valence-electron chi connectivity index (χ2n) is 6.68. The zero-order valence-electron chi connectivity index (χ0n) is 17.3. The van der Waals surface area contributed by atoms with E-state index in [1.165, 1.54) is 23.9 Å². The van der Waals surface area contributed by atoms with Crippen LogP contribution in [0.5, 0.6) is 17.2 Å². The predicted octanol–water partition coefficient (Wildman–Crippen LogP) is 4.45. The Morgan fingerprint density at radius 3 is 2.62 bits per heavy atom. The summed E-state index contributed by atoms with van der Waals surface area (Å²) in [7, 11) is 1.53. The van der Waals surface area contributed by atoms with Gasteiger partial charge in [0.05, 0.1) is 22.7 Å². The number of carbonyl (C=O) groups excluding carboxylic acids is 1. The van der Waals surface area contributed by atoms with E-state index in [0.717, 1.165) is 5.04 Å². The van der Waals surface area contributed by atoms with Crippen LogP contribution in [0.3, 0.4) is 0 Å². The number of fused-ring (bicyclic) bond motifs is 1. The van der Waals surface area contributed by atoms with E-state index in [9.17, 15) is 4.79 Å². The lowest BCUT2D eigenvalue weighted by molar-refractivity contribution is -0.114. The molecule has 0 radical (unpaired) electrons. The van der Waals surface area contributed by atoms with Crippen LogP contribution < -0.4 is 14.2 Å². The summed E-state index contributed by atoms with van der Waals surface area (Å²) < 4.78 is 16.8. The van der Waals surface area contributed by atoms with Gasteiger partial charge in [-0.05, 0) is 54.6 Å². The van der Waals surface area contributed by atoms with E-state index >= 15 is 0 Å². The summed E-state index contributed by atoms with van der Waals surface area (Å²) in [5, 5.41) is 15.6. The molecule has 0 aromatic heterocycles. The van der Waals surface area contributed by atoms with E-state index in [0.29, 0.717) is 39.6 Å². The summed E-state index contributed by atoms with van der Waals surface area (Å²) in [6.07, 6.45) is 1.59. The van der Waals surface area contributed by atoms with E-state index < -0.39 is 5.91 Å². The molecule has 0 saturated carbocycles. The minimum absolute atomic E-state index is 0.0136. The number of nitrogens with zero attached hydrogens (tertiary/aromatic N) is 3. The maximum atomic E-state index is 12.4. The van der Waals surface area contributed by atoms with Gasteiger partial charge in [-0.25, -0.2) is 0 Å². The van der Waals surface area contributed by atoms with E-state index in [-0.39, 0.29) is 18.0 Å². The van der Waals surface area contributed by atoms with Crippen LogP contribution in [0.2, 0.25) is 5.02 Å². The topological polar surface area (TPSA) is 96.6 Å². The fourth-order valence-electron chi connectivity index (χ4n) is 3.01. The summed E-state index contributed by atoms with van der Waals surface area (Å²) in [5.41, 5.74) is 0.817. The molecule has 0 unspecified atom stereocenters. The molecular weight excluding hydrogens is 452 g/mol. The Morgan fingerprint density at radius 1 is 1.12 bits per heavy atom. The molecule has 0 atom stereocenters. The van der Waals surface area contributed by atoms with Gasteiger partial charge in [-0.1, -0.05) is 29.8 Å². The number of nitrogens with one attached hydrogen (secondary N) is 1. The third-order valence-corrected chi connectivity index (χ3v) is 5.63. The highest BCUT2D eigenvalue weighted by Crippen LogP contribution is 2.31. The molecule has 4 rings (SSSR count). The normalized spacial score (nSPS) is 16.6. The number of thioether (sulfide) groups is 1. The van der Waals surface area contributed by atoms with Crippen LogP contribution in [0.25, 0.3) is 6.08 Å². The molecule has 1 amide bonds. The molecule has 2 aromatic carbocycles. The van der Waals surface area contributed by atoms with Gasteiger partial charge in [-0.2, -0.15) is 15.1 Å². The maximum Gasteiger partial charge on any atom is 0.283 e. The van der Waals surface area contributed by atoms with Crippen molar-refractivity contribution in [2.75, 3.05) is 20.3 Å². The van der Waals surface area contributed by atoms with Gasteiger partial charge in [0.2, 0.25) is 5.17 Å². The summed E-state index contributed by atoms with van der Waals surface area (Å²) in [6.45, 7) is 2.39. The number of hydrogen-bond acceptors (Lipinski definition) is 7. The van der Waals surface area contributed by atoms with Crippen molar-refractivity contribution in [3.05, 3.63) is 58.6 Å². The second kappa shape index (κ2) is 9.46. The van der Waals surface area contributed by atoms with Crippen molar-refractivity contribution in [3.8, 4) is 17.2 Å². The van der Waals surface area contributed by atoms with Gasteiger partial charge in [0.1, 0.15) is 19.0 Å². The van der Waals surface area contributed by atoms with Crippen molar-refractivity contribution in [3.63, 3.8) is 0 Å². The van der Waals surface area contributed by atoms with Gasteiger partial charge in [0.25, 0.3) is 5.91 Å². The van der Waals surface area contributed by atoms with Gasteiger partial charge in [-0.15, -0.1) is 0 Å². The first kappa shape index (κ1) is 21.9. The Balaban J connectivity index is 1.45. The van der Waals surface area contributed by atoms with Crippen LogP contribution in [0.1, 0.15) is 12.5 Å². The molecule has 0 bridgehead atoms. The molecule has 2 aliphatic heterocycles. The number of amidine groups is 2. The van der Waals surface area contributed by atoms with Crippen molar-refractivity contribution in [1.29, 1.82) is 5.41 Å². The highest BCUT2D eigenvalue weighted by atomic mass is 35.5. The van der Waals surface area contributed by atoms with Crippen LogP contribution in [-0.2, 0) is 4.79 Å². The molecule has 0 saturated heterocycles. The Labute approximate surface area is 194 Å². The quantitative estimate of drug-likeness (QED) is 0.474. The molecule has 0 fully saturated rings. The van der Waals surface area contributed by atoms with E-state index in [2.05, 4.69) is 10.1 Å². The van der Waals surface area contributed by atoms with Crippen molar-refractivity contribution in [2.45, 2.75) is 6.92 Å². The lowest BCUT2D eigenvalue weighted by Crippen LogP contribution is -2.35. The van der Waals surface area contributed by atoms with E-state index in [4.69, 9.17) is 31.2 Å². The standard InChI is InChI=1S/C22H19ClN4O4S/c1-13-26-27-20(24)15(21(28)25-22(27)32-13)11-14-7-8-18(19(12-14)29-2)31-10-9-30-17-6-4-3-5-16(17)23/h3-8,11-12,24H,9-10H2,1-2H3/b15-11+,24-20?. The molecular formula is C22H19ClN4O4S. The lowest BCUT2D eigenvalue weighted by Gasteiger charge is -2.20.